The molecule has 0 spiro atoms. The fraction of sp³-hybridized carbons (Fsp3) is 0.588. The van der Waals surface area contributed by atoms with E-state index in [1.165, 1.54) is 6.07 Å². The normalized spacial score (nSPS) is 20.7. The van der Waals surface area contributed by atoms with Crippen LogP contribution < -0.4 is 10.6 Å². The smallest absolute Gasteiger partial charge is 0.292 e. The second-order valence-corrected chi connectivity index (χ2v) is 6.63. The van der Waals surface area contributed by atoms with Crippen LogP contribution in [0.4, 0.5) is 11.4 Å². The predicted octanol–water partition coefficient (Wildman–Crippen LogP) is 2.58. The molecule has 1 aliphatic carbocycles. The van der Waals surface area contributed by atoms with Gasteiger partial charge in [-0.3, -0.25) is 14.9 Å². The number of hydrogen-bond donors (Lipinski definition) is 3. The number of nitrogens with zero attached hydrogens (tertiary/aromatic N) is 1. The highest BCUT2D eigenvalue weighted by Crippen LogP contribution is 2.31. The SMILES string of the molecule is CC(C)NC(=O)C1CCCC(Nc2cc(CO)ccc2[N+](=O)[O-])C1. The van der Waals surface area contributed by atoms with Gasteiger partial charge in [-0.05, 0) is 50.8 Å². The molecule has 0 saturated heterocycles. The molecule has 7 heteroatoms. The summed E-state index contributed by atoms with van der Waals surface area (Å²) in [6.45, 7) is 3.69. The first-order valence-corrected chi connectivity index (χ1v) is 8.35. The fourth-order valence-electron chi connectivity index (χ4n) is 3.14. The van der Waals surface area contributed by atoms with E-state index < -0.39 is 4.92 Å². The topological polar surface area (TPSA) is 104 Å². The molecule has 132 valence electrons. The number of nitro groups is 1. The number of nitro benzene ring substituents is 1. The number of amides is 1. The number of rotatable bonds is 6. The molecule has 0 radical (unpaired) electrons. The number of carbonyl (C=O) groups excluding carboxylic acids is 1. The zero-order valence-corrected chi connectivity index (χ0v) is 14.1. The highest BCUT2D eigenvalue weighted by molar-refractivity contribution is 5.79. The molecule has 1 amide bonds. The summed E-state index contributed by atoms with van der Waals surface area (Å²) >= 11 is 0. The lowest BCUT2D eigenvalue weighted by molar-refractivity contribution is -0.384. The Kier molecular flexibility index (Phi) is 6.14. The maximum Gasteiger partial charge on any atom is 0.292 e. The number of aliphatic hydroxyl groups is 1. The van der Waals surface area contributed by atoms with Gasteiger partial charge >= 0.3 is 0 Å². The Balaban J connectivity index is 2.10. The van der Waals surface area contributed by atoms with Gasteiger partial charge in [-0.1, -0.05) is 6.42 Å². The lowest BCUT2D eigenvalue weighted by Gasteiger charge is -2.30. The van der Waals surface area contributed by atoms with E-state index in [1.807, 2.05) is 13.8 Å². The molecule has 1 saturated carbocycles. The molecule has 2 atom stereocenters. The van der Waals surface area contributed by atoms with E-state index >= 15 is 0 Å². The van der Waals surface area contributed by atoms with Crippen molar-refractivity contribution in [2.75, 3.05) is 5.32 Å². The van der Waals surface area contributed by atoms with Crippen LogP contribution in [0.25, 0.3) is 0 Å². The molecular formula is C17H25N3O4. The number of nitrogens with one attached hydrogen (secondary N) is 2. The number of aliphatic hydroxyl groups excluding tert-OH is 1. The van der Waals surface area contributed by atoms with E-state index in [1.54, 1.807) is 12.1 Å². The molecule has 7 nitrogen and oxygen atoms in total. The minimum atomic E-state index is -0.435. The summed E-state index contributed by atoms with van der Waals surface area (Å²) in [6, 6.07) is 4.67. The third-order valence-electron chi connectivity index (χ3n) is 4.28. The quantitative estimate of drug-likeness (QED) is 0.547. The van der Waals surface area contributed by atoms with E-state index in [4.69, 9.17) is 0 Å². The van der Waals surface area contributed by atoms with Crippen molar-refractivity contribution >= 4 is 17.3 Å². The third kappa shape index (κ3) is 4.67. The molecule has 0 bridgehead atoms. The average molecular weight is 335 g/mol. The van der Waals surface area contributed by atoms with Gasteiger partial charge in [0.05, 0.1) is 11.5 Å². The largest absolute Gasteiger partial charge is 0.392 e. The second kappa shape index (κ2) is 8.10. The Morgan fingerprint density at radius 2 is 2.17 bits per heavy atom. The maximum atomic E-state index is 12.2. The molecule has 2 rings (SSSR count). The van der Waals surface area contributed by atoms with E-state index in [-0.39, 0.29) is 36.2 Å². The summed E-state index contributed by atoms with van der Waals surface area (Å²) in [5, 5.41) is 26.6. The summed E-state index contributed by atoms with van der Waals surface area (Å²) in [5.74, 6) is -0.0196. The Hall–Kier alpha value is -2.15. The summed E-state index contributed by atoms with van der Waals surface area (Å²) in [4.78, 5) is 23.0. The average Bonchev–Trinajstić information content (AvgIpc) is 2.54. The molecule has 24 heavy (non-hydrogen) atoms. The monoisotopic (exact) mass is 335 g/mol. The Morgan fingerprint density at radius 1 is 1.42 bits per heavy atom. The Bertz CT molecular complexity index is 603. The van der Waals surface area contributed by atoms with Gasteiger partial charge in [0.2, 0.25) is 5.91 Å². The molecule has 1 aliphatic rings. The minimum absolute atomic E-state index is 0.00862. The van der Waals surface area contributed by atoms with Crippen LogP contribution in [0.5, 0.6) is 0 Å². The molecule has 2 unspecified atom stereocenters. The number of benzene rings is 1. The standard InChI is InChI=1S/C17H25N3O4/c1-11(2)18-17(22)13-4-3-5-14(9-13)19-15-8-12(10-21)6-7-16(15)20(23)24/h6-8,11,13-14,19,21H,3-5,9-10H2,1-2H3,(H,18,22). The maximum absolute atomic E-state index is 12.2. The van der Waals surface area contributed by atoms with Crippen LogP contribution in [0.3, 0.4) is 0 Å². The number of carbonyl (C=O) groups is 1. The van der Waals surface area contributed by atoms with Crippen molar-refractivity contribution < 1.29 is 14.8 Å². The van der Waals surface area contributed by atoms with Crippen molar-refractivity contribution in [3.05, 3.63) is 33.9 Å². The molecule has 0 aromatic heterocycles. The van der Waals surface area contributed by atoms with Crippen molar-refractivity contribution in [3.63, 3.8) is 0 Å². The first kappa shape index (κ1) is 18.2. The van der Waals surface area contributed by atoms with Gasteiger partial charge < -0.3 is 15.7 Å². The van der Waals surface area contributed by atoms with E-state index in [2.05, 4.69) is 10.6 Å². The van der Waals surface area contributed by atoms with Crippen LogP contribution >= 0.6 is 0 Å². The number of hydrogen-bond acceptors (Lipinski definition) is 5. The Morgan fingerprint density at radius 3 is 2.79 bits per heavy atom. The molecule has 0 aliphatic heterocycles. The predicted molar refractivity (Wildman–Crippen MR) is 91.7 cm³/mol. The first-order valence-electron chi connectivity index (χ1n) is 8.35. The summed E-state index contributed by atoms with van der Waals surface area (Å²) in [6.07, 6.45) is 3.27. The van der Waals surface area contributed by atoms with Crippen LogP contribution in [-0.2, 0) is 11.4 Å². The van der Waals surface area contributed by atoms with E-state index in [0.717, 1.165) is 19.3 Å². The van der Waals surface area contributed by atoms with Gasteiger partial charge in [-0.25, -0.2) is 0 Å². The molecule has 1 aromatic rings. The lowest BCUT2D eigenvalue weighted by atomic mass is 9.84. The molecule has 3 N–H and O–H groups in total. The second-order valence-electron chi connectivity index (χ2n) is 6.63. The highest BCUT2D eigenvalue weighted by atomic mass is 16.6. The van der Waals surface area contributed by atoms with Gasteiger partial charge in [-0.2, -0.15) is 0 Å². The van der Waals surface area contributed by atoms with Crippen molar-refractivity contribution in [3.8, 4) is 0 Å². The molecule has 1 fully saturated rings. The fourth-order valence-corrected chi connectivity index (χ4v) is 3.14. The van der Waals surface area contributed by atoms with Crippen LogP contribution in [0, 0.1) is 16.0 Å². The van der Waals surface area contributed by atoms with Crippen LogP contribution in [0.2, 0.25) is 0 Å². The van der Waals surface area contributed by atoms with Gasteiger partial charge in [0.25, 0.3) is 5.69 Å². The van der Waals surface area contributed by atoms with Gasteiger partial charge in [-0.15, -0.1) is 0 Å². The Labute approximate surface area is 141 Å². The molecule has 1 aromatic carbocycles. The minimum Gasteiger partial charge on any atom is -0.392 e. The first-order chi connectivity index (χ1) is 11.4. The number of anilines is 1. The van der Waals surface area contributed by atoms with E-state index in [9.17, 15) is 20.0 Å². The third-order valence-corrected chi connectivity index (χ3v) is 4.28. The van der Waals surface area contributed by atoms with Crippen LogP contribution in [0.15, 0.2) is 18.2 Å². The van der Waals surface area contributed by atoms with E-state index in [0.29, 0.717) is 17.7 Å². The van der Waals surface area contributed by atoms with Crippen molar-refractivity contribution in [2.24, 2.45) is 5.92 Å². The van der Waals surface area contributed by atoms with Crippen molar-refractivity contribution in [1.29, 1.82) is 0 Å². The molecular weight excluding hydrogens is 310 g/mol. The van der Waals surface area contributed by atoms with Crippen LogP contribution in [-0.4, -0.2) is 28.0 Å². The zero-order valence-electron chi connectivity index (χ0n) is 14.1. The van der Waals surface area contributed by atoms with Gasteiger partial charge in [0, 0.05) is 24.1 Å². The van der Waals surface area contributed by atoms with Gasteiger partial charge in [0.15, 0.2) is 0 Å². The van der Waals surface area contributed by atoms with Crippen LogP contribution in [0.1, 0.15) is 45.1 Å². The lowest BCUT2D eigenvalue weighted by Crippen LogP contribution is -2.40. The summed E-state index contributed by atoms with van der Waals surface area (Å²) < 4.78 is 0. The summed E-state index contributed by atoms with van der Waals surface area (Å²) in [5.41, 5.74) is 1.01. The van der Waals surface area contributed by atoms with Crippen molar-refractivity contribution in [2.45, 2.75) is 58.2 Å². The molecule has 0 heterocycles. The zero-order chi connectivity index (χ0) is 17.7. The van der Waals surface area contributed by atoms with Crippen molar-refractivity contribution in [1.82, 2.24) is 5.32 Å². The van der Waals surface area contributed by atoms with Gasteiger partial charge in [0.1, 0.15) is 5.69 Å². The highest BCUT2D eigenvalue weighted by Gasteiger charge is 2.28. The summed E-state index contributed by atoms with van der Waals surface area (Å²) in [7, 11) is 0.